The van der Waals surface area contributed by atoms with E-state index in [4.69, 9.17) is 9.47 Å². The first-order chi connectivity index (χ1) is 13.4. The predicted molar refractivity (Wildman–Crippen MR) is 107 cm³/mol. The van der Waals surface area contributed by atoms with Gasteiger partial charge in [0.25, 0.3) is 0 Å². The summed E-state index contributed by atoms with van der Waals surface area (Å²) in [6.07, 6.45) is 0. The zero-order valence-electron chi connectivity index (χ0n) is 16.2. The van der Waals surface area contributed by atoms with Crippen LogP contribution in [0.15, 0.2) is 47.4 Å². The molecule has 3 rings (SSSR count). The van der Waals surface area contributed by atoms with Crippen LogP contribution in [0.2, 0.25) is 0 Å². The van der Waals surface area contributed by atoms with Gasteiger partial charge >= 0.3 is 0 Å². The number of benzene rings is 2. The third kappa shape index (κ3) is 3.98. The lowest BCUT2D eigenvalue weighted by molar-refractivity contribution is 0.101. The van der Waals surface area contributed by atoms with Gasteiger partial charge in [-0.2, -0.15) is 4.31 Å². The van der Waals surface area contributed by atoms with Crippen molar-refractivity contribution in [2.75, 3.05) is 45.3 Å². The van der Waals surface area contributed by atoms with E-state index in [0.29, 0.717) is 43.2 Å². The van der Waals surface area contributed by atoms with Crippen molar-refractivity contribution in [1.82, 2.24) is 4.31 Å². The lowest BCUT2D eigenvalue weighted by atomic mass is 10.1. The minimum Gasteiger partial charge on any atom is -0.497 e. The van der Waals surface area contributed by atoms with Crippen LogP contribution in [-0.4, -0.2) is 58.9 Å². The van der Waals surface area contributed by atoms with Crippen LogP contribution < -0.4 is 14.4 Å². The van der Waals surface area contributed by atoms with Gasteiger partial charge in [0.1, 0.15) is 16.4 Å². The third-order valence-corrected chi connectivity index (χ3v) is 6.79. The largest absolute Gasteiger partial charge is 0.497 e. The Morgan fingerprint density at radius 3 is 2.11 bits per heavy atom. The van der Waals surface area contributed by atoms with Crippen molar-refractivity contribution in [2.45, 2.75) is 11.8 Å². The van der Waals surface area contributed by atoms with Crippen molar-refractivity contribution in [3.63, 3.8) is 0 Å². The number of hydrogen-bond acceptors (Lipinski definition) is 6. The zero-order valence-corrected chi connectivity index (χ0v) is 17.0. The van der Waals surface area contributed by atoms with E-state index >= 15 is 0 Å². The minimum absolute atomic E-state index is 0.0229. The number of hydrogen-bond donors (Lipinski definition) is 0. The molecular weight excluding hydrogens is 380 g/mol. The SMILES string of the molecule is COc1ccc(OC)c(S(=O)(=O)N2CCN(c3ccc(C(C)=O)cc3)CC2)c1. The summed E-state index contributed by atoms with van der Waals surface area (Å²) >= 11 is 0. The molecule has 7 nitrogen and oxygen atoms in total. The van der Waals surface area contributed by atoms with Crippen LogP contribution in [0.1, 0.15) is 17.3 Å². The molecule has 0 N–H and O–H groups in total. The fourth-order valence-corrected chi connectivity index (χ4v) is 4.81. The molecule has 28 heavy (non-hydrogen) atoms. The maximum atomic E-state index is 13.1. The topological polar surface area (TPSA) is 76.2 Å². The fraction of sp³-hybridized carbons (Fsp3) is 0.350. The third-order valence-electron chi connectivity index (χ3n) is 4.87. The molecule has 0 radical (unpaired) electrons. The van der Waals surface area contributed by atoms with Gasteiger partial charge in [0.05, 0.1) is 14.2 Å². The summed E-state index contributed by atoms with van der Waals surface area (Å²) in [7, 11) is -0.762. The van der Waals surface area contributed by atoms with Crippen molar-refractivity contribution in [2.24, 2.45) is 0 Å². The highest BCUT2D eigenvalue weighted by atomic mass is 32.2. The quantitative estimate of drug-likeness (QED) is 0.689. The van der Waals surface area contributed by atoms with Gasteiger partial charge in [-0.15, -0.1) is 0 Å². The monoisotopic (exact) mass is 404 g/mol. The summed E-state index contributed by atoms with van der Waals surface area (Å²) in [5.74, 6) is 0.779. The van der Waals surface area contributed by atoms with Crippen molar-refractivity contribution < 1.29 is 22.7 Å². The Morgan fingerprint density at radius 1 is 0.929 bits per heavy atom. The number of carbonyl (C=O) groups is 1. The molecule has 8 heteroatoms. The summed E-state index contributed by atoms with van der Waals surface area (Å²) in [6, 6.07) is 12.1. The summed E-state index contributed by atoms with van der Waals surface area (Å²) in [6.45, 7) is 3.37. The van der Waals surface area contributed by atoms with Crippen molar-refractivity contribution >= 4 is 21.5 Å². The van der Waals surface area contributed by atoms with Crippen LogP contribution in [0, 0.1) is 0 Å². The Hall–Kier alpha value is -2.58. The molecule has 0 saturated carbocycles. The van der Waals surface area contributed by atoms with Gasteiger partial charge in [0.15, 0.2) is 5.78 Å². The Kier molecular flexibility index (Phi) is 5.90. The fourth-order valence-electron chi connectivity index (χ4n) is 3.22. The first kappa shape index (κ1) is 20.2. The summed E-state index contributed by atoms with van der Waals surface area (Å²) in [4.78, 5) is 13.6. The highest BCUT2D eigenvalue weighted by Crippen LogP contribution is 2.31. The molecule has 1 aliphatic heterocycles. The van der Waals surface area contributed by atoms with Gasteiger partial charge in [-0.1, -0.05) is 0 Å². The van der Waals surface area contributed by atoms with Crippen LogP contribution in [0.5, 0.6) is 11.5 Å². The van der Waals surface area contributed by atoms with E-state index in [2.05, 4.69) is 4.90 Å². The maximum absolute atomic E-state index is 13.1. The second-order valence-corrected chi connectivity index (χ2v) is 8.42. The van der Waals surface area contributed by atoms with E-state index in [1.54, 1.807) is 24.3 Å². The molecule has 0 atom stereocenters. The number of Topliss-reactive ketones (excluding diaryl/α,β-unsaturated/α-hetero) is 1. The smallest absolute Gasteiger partial charge is 0.247 e. The Morgan fingerprint density at radius 2 is 1.57 bits per heavy atom. The molecule has 0 amide bonds. The summed E-state index contributed by atoms with van der Waals surface area (Å²) < 4.78 is 38.1. The van der Waals surface area contributed by atoms with Crippen molar-refractivity contribution in [3.05, 3.63) is 48.0 Å². The number of ether oxygens (including phenoxy) is 2. The van der Waals surface area contributed by atoms with E-state index in [0.717, 1.165) is 5.69 Å². The van der Waals surface area contributed by atoms with E-state index in [1.165, 1.54) is 31.5 Å². The molecule has 0 aromatic heterocycles. The highest BCUT2D eigenvalue weighted by Gasteiger charge is 2.31. The summed E-state index contributed by atoms with van der Waals surface area (Å²) in [5.41, 5.74) is 1.64. The minimum atomic E-state index is -3.70. The highest BCUT2D eigenvalue weighted by molar-refractivity contribution is 7.89. The standard InChI is InChI=1S/C20H24N2O5S/c1-15(23)16-4-6-17(7-5-16)21-10-12-22(13-11-21)28(24,25)20-14-18(26-2)8-9-19(20)27-3/h4-9,14H,10-13H2,1-3H3. The van der Waals surface area contributed by atoms with E-state index in [1.807, 2.05) is 12.1 Å². The predicted octanol–water partition coefficient (Wildman–Crippen LogP) is 2.42. The molecule has 2 aromatic carbocycles. The molecule has 0 spiro atoms. The molecule has 0 unspecified atom stereocenters. The van der Waals surface area contributed by atoms with Crippen LogP contribution in [-0.2, 0) is 10.0 Å². The number of piperazine rings is 1. The number of rotatable bonds is 6. The van der Waals surface area contributed by atoms with Gasteiger partial charge in [-0.3, -0.25) is 4.79 Å². The molecule has 2 aromatic rings. The number of ketones is 1. The molecule has 1 aliphatic rings. The molecule has 0 aliphatic carbocycles. The van der Waals surface area contributed by atoms with E-state index < -0.39 is 10.0 Å². The average Bonchev–Trinajstić information content (AvgIpc) is 2.73. The zero-order chi connectivity index (χ0) is 20.3. The van der Waals surface area contributed by atoms with Crippen LogP contribution in [0.4, 0.5) is 5.69 Å². The van der Waals surface area contributed by atoms with Gasteiger partial charge < -0.3 is 14.4 Å². The van der Waals surface area contributed by atoms with Crippen LogP contribution >= 0.6 is 0 Å². The Balaban J connectivity index is 1.76. The second kappa shape index (κ2) is 8.20. The average molecular weight is 404 g/mol. The van der Waals surface area contributed by atoms with Crippen LogP contribution in [0.3, 0.4) is 0 Å². The normalized spacial score (nSPS) is 15.3. The lowest BCUT2D eigenvalue weighted by Crippen LogP contribution is -2.48. The molecule has 0 bridgehead atoms. The first-order valence-corrected chi connectivity index (χ1v) is 10.4. The molecular formula is C20H24N2O5S. The van der Waals surface area contributed by atoms with Gasteiger partial charge in [-0.05, 0) is 43.3 Å². The van der Waals surface area contributed by atoms with Crippen molar-refractivity contribution in [3.8, 4) is 11.5 Å². The number of carbonyl (C=O) groups excluding carboxylic acids is 1. The van der Waals surface area contributed by atoms with E-state index in [-0.39, 0.29) is 10.7 Å². The van der Waals surface area contributed by atoms with E-state index in [9.17, 15) is 13.2 Å². The molecule has 1 fully saturated rings. The molecule has 150 valence electrons. The number of anilines is 1. The number of nitrogens with zero attached hydrogens (tertiary/aromatic N) is 2. The van der Waals surface area contributed by atoms with Gasteiger partial charge in [0, 0.05) is 43.5 Å². The van der Waals surface area contributed by atoms with Gasteiger partial charge in [-0.25, -0.2) is 8.42 Å². The Labute approximate surface area is 165 Å². The van der Waals surface area contributed by atoms with Crippen LogP contribution in [0.25, 0.3) is 0 Å². The maximum Gasteiger partial charge on any atom is 0.247 e. The second-order valence-electron chi connectivity index (χ2n) is 6.51. The molecule has 1 heterocycles. The Bertz CT molecular complexity index is 949. The molecule has 1 saturated heterocycles. The van der Waals surface area contributed by atoms with Gasteiger partial charge in [0.2, 0.25) is 10.0 Å². The first-order valence-electron chi connectivity index (χ1n) is 8.95. The summed E-state index contributed by atoms with van der Waals surface area (Å²) in [5, 5.41) is 0. The number of sulfonamides is 1. The van der Waals surface area contributed by atoms with Crippen molar-refractivity contribution in [1.29, 1.82) is 0 Å². The number of methoxy groups -OCH3 is 2. The lowest BCUT2D eigenvalue weighted by Gasteiger charge is -2.35.